The largest absolute Gasteiger partial charge is 0.494 e. The molecule has 1 amide bonds. The molecular weight excluding hydrogens is 466 g/mol. The summed E-state index contributed by atoms with van der Waals surface area (Å²) in [5.41, 5.74) is 1.64. The van der Waals surface area contributed by atoms with Gasteiger partial charge in [-0.3, -0.25) is 14.4 Å². The van der Waals surface area contributed by atoms with E-state index in [-0.39, 0.29) is 17.7 Å². The zero-order chi connectivity index (χ0) is 25.0. The Balaban J connectivity index is 1.54. The van der Waals surface area contributed by atoms with E-state index in [2.05, 4.69) is 5.32 Å². The molecule has 3 aromatic rings. The van der Waals surface area contributed by atoms with Gasteiger partial charge in [-0.25, -0.2) is 0 Å². The first kappa shape index (κ1) is 26.0. The second-order valence-electron chi connectivity index (χ2n) is 7.83. The minimum Gasteiger partial charge on any atom is -0.494 e. The van der Waals surface area contributed by atoms with E-state index in [1.807, 2.05) is 6.07 Å². The van der Waals surface area contributed by atoms with E-state index in [1.54, 1.807) is 73.7 Å². The van der Waals surface area contributed by atoms with Crippen molar-refractivity contribution in [3.63, 3.8) is 0 Å². The minimum absolute atomic E-state index is 0.169. The van der Waals surface area contributed by atoms with E-state index >= 15 is 0 Å². The van der Waals surface area contributed by atoms with Crippen LogP contribution in [0, 0.1) is 0 Å². The molecule has 3 rings (SSSR count). The SMILES string of the molecule is CCOC(=O)CCCCCOc1ccc(C(=O)Nc2ccc(Cl)cc2C(=O)c2ccccc2)cc1. The van der Waals surface area contributed by atoms with Gasteiger partial charge in [-0.2, -0.15) is 0 Å². The summed E-state index contributed by atoms with van der Waals surface area (Å²) in [6, 6.07) is 20.4. The number of ketones is 1. The van der Waals surface area contributed by atoms with Crippen molar-refractivity contribution < 1.29 is 23.9 Å². The second kappa shape index (κ2) is 13.3. The summed E-state index contributed by atoms with van der Waals surface area (Å²) in [4.78, 5) is 37.1. The van der Waals surface area contributed by atoms with Crippen molar-refractivity contribution in [2.75, 3.05) is 18.5 Å². The van der Waals surface area contributed by atoms with E-state index in [0.717, 1.165) is 19.3 Å². The second-order valence-corrected chi connectivity index (χ2v) is 8.26. The lowest BCUT2D eigenvalue weighted by Crippen LogP contribution is -2.15. The quantitative estimate of drug-likeness (QED) is 0.181. The van der Waals surface area contributed by atoms with Gasteiger partial charge in [0.25, 0.3) is 5.91 Å². The standard InChI is InChI=1S/C28H28ClNO5/c1-2-34-26(31)11-7-4-8-18-35-23-15-12-21(13-16-23)28(33)30-25-17-14-22(29)19-24(25)27(32)20-9-5-3-6-10-20/h3,5-6,9-10,12-17,19H,2,4,7-8,11,18H2,1H3,(H,30,33). The summed E-state index contributed by atoms with van der Waals surface area (Å²) in [6.45, 7) is 2.72. The number of carbonyl (C=O) groups is 3. The highest BCUT2D eigenvalue weighted by Crippen LogP contribution is 2.25. The minimum atomic E-state index is -0.347. The van der Waals surface area contributed by atoms with Gasteiger partial charge in [0.05, 0.1) is 18.9 Å². The first-order valence-corrected chi connectivity index (χ1v) is 11.9. The summed E-state index contributed by atoms with van der Waals surface area (Å²) in [7, 11) is 0. The number of nitrogens with one attached hydrogen (secondary N) is 1. The Morgan fingerprint density at radius 3 is 2.31 bits per heavy atom. The molecule has 0 unspecified atom stereocenters. The zero-order valence-electron chi connectivity index (χ0n) is 19.6. The molecule has 1 N–H and O–H groups in total. The van der Waals surface area contributed by atoms with Crippen LogP contribution in [0.2, 0.25) is 5.02 Å². The van der Waals surface area contributed by atoms with Crippen molar-refractivity contribution in [3.05, 3.63) is 94.5 Å². The van der Waals surface area contributed by atoms with Crippen LogP contribution in [-0.2, 0) is 9.53 Å². The van der Waals surface area contributed by atoms with E-state index < -0.39 is 0 Å². The van der Waals surface area contributed by atoms with Gasteiger partial charge in [0.15, 0.2) is 5.78 Å². The molecule has 0 fully saturated rings. The van der Waals surface area contributed by atoms with Crippen LogP contribution in [0.1, 0.15) is 58.9 Å². The molecule has 0 bridgehead atoms. The van der Waals surface area contributed by atoms with Gasteiger partial charge in [0.2, 0.25) is 0 Å². The zero-order valence-corrected chi connectivity index (χ0v) is 20.3. The van der Waals surface area contributed by atoms with Crippen molar-refractivity contribution in [1.82, 2.24) is 0 Å². The van der Waals surface area contributed by atoms with Gasteiger partial charge in [0.1, 0.15) is 5.75 Å². The summed E-state index contributed by atoms with van der Waals surface area (Å²) < 4.78 is 10.6. The van der Waals surface area contributed by atoms with Crippen molar-refractivity contribution >= 4 is 34.9 Å². The predicted octanol–water partition coefficient (Wildman–Crippen LogP) is 6.33. The Morgan fingerprint density at radius 1 is 0.857 bits per heavy atom. The molecule has 0 radical (unpaired) electrons. The number of carbonyl (C=O) groups excluding carboxylic acids is 3. The van der Waals surface area contributed by atoms with E-state index in [9.17, 15) is 14.4 Å². The molecule has 0 saturated heterocycles. The smallest absolute Gasteiger partial charge is 0.305 e. The number of esters is 1. The average molecular weight is 494 g/mol. The maximum atomic E-state index is 13.0. The number of benzene rings is 3. The number of rotatable bonds is 12. The van der Waals surface area contributed by atoms with Crippen molar-refractivity contribution in [2.45, 2.75) is 32.6 Å². The molecule has 3 aromatic carbocycles. The van der Waals surface area contributed by atoms with Crippen LogP contribution in [0.3, 0.4) is 0 Å². The third-order valence-electron chi connectivity index (χ3n) is 5.23. The van der Waals surface area contributed by atoms with Crippen LogP contribution in [0.15, 0.2) is 72.8 Å². The van der Waals surface area contributed by atoms with Gasteiger partial charge in [-0.1, -0.05) is 41.9 Å². The van der Waals surface area contributed by atoms with E-state index in [4.69, 9.17) is 21.1 Å². The van der Waals surface area contributed by atoms with Crippen LogP contribution in [0.4, 0.5) is 5.69 Å². The maximum Gasteiger partial charge on any atom is 0.305 e. The lowest BCUT2D eigenvalue weighted by Gasteiger charge is -2.12. The van der Waals surface area contributed by atoms with Gasteiger partial charge < -0.3 is 14.8 Å². The summed E-state index contributed by atoms with van der Waals surface area (Å²) >= 11 is 6.12. The van der Waals surface area contributed by atoms with Crippen molar-refractivity contribution in [3.8, 4) is 5.75 Å². The maximum absolute atomic E-state index is 13.0. The van der Waals surface area contributed by atoms with Crippen molar-refractivity contribution in [2.24, 2.45) is 0 Å². The number of hydrogen-bond acceptors (Lipinski definition) is 5. The van der Waals surface area contributed by atoms with E-state index in [1.165, 1.54) is 0 Å². The normalized spacial score (nSPS) is 10.5. The number of amides is 1. The first-order chi connectivity index (χ1) is 17.0. The van der Waals surface area contributed by atoms with E-state index in [0.29, 0.717) is 52.8 Å². The molecule has 0 spiro atoms. The third kappa shape index (κ3) is 7.97. The first-order valence-electron chi connectivity index (χ1n) is 11.6. The molecule has 0 atom stereocenters. The molecule has 6 nitrogen and oxygen atoms in total. The highest BCUT2D eigenvalue weighted by molar-refractivity contribution is 6.31. The number of ether oxygens (including phenoxy) is 2. The number of unbranched alkanes of at least 4 members (excludes halogenated alkanes) is 2. The average Bonchev–Trinajstić information content (AvgIpc) is 2.87. The fourth-order valence-electron chi connectivity index (χ4n) is 3.43. The van der Waals surface area contributed by atoms with Gasteiger partial charge in [-0.05, 0) is 68.7 Å². The van der Waals surface area contributed by atoms with Crippen LogP contribution in [0.5, 0.6) is 5.75 Å². The molecule has 0 aromatic heterocycles. The molecule has 7 heteroatoms. The highest BCUT2D eigenvalue weighted by atomic mass is 35.5. The fraction of sp³-hybridized carbons (Fsp3) is 0.250. The molecule has 0 aliphatic carbocycles. The third-order valence-corrected chi connectivity index (χ3v) is 5.46. The Bertz CT molecular complexity index is 1150. The molecule has 0 aliphatic rings. The predicted molar refractivity (Wildman–Crippen MR) is 136 cm³/mol. The fourth-order valence-corrected chi connectivity index (χ4v) is 3.60. The molecule has 0 aliphatic heterocycles. The molecule has 0 heterocycles. The Kier molecular flexibility index (Phi) is 9.87. The number of hydrogen-bond donors (Lipinski definition) is 1. The number of anilines is 1. The molecule has 35 heavy (non-hydrogen) atoms. The van der Waals surface area contributed by atoms with Gasteiger partial charge in [-0.15, -0.1) is 0 Å². The lowest BCUT2D eigenvalue weighted by atomic mass is 10.0. The highest BCUT2D eigenvalue weighted by Gasteiger charge is 2.17. The van der Waals surface area contributed by atoms with Gasteiger partial charge in [0, 0.05) is 28.1 Å². The molecule has 182 valence electrons. The summed E-state index contributed by atoms with van der Waals surface area (Å²) in [5, 5.41) is 3.22. The summed E-state index contributed by atoms with van der Waals surface area (Å²) in [6.07, 6.45) is 2.87. The number of halogens is 1. The molecular formula is C28H28ClNO5. The van der Waals surface area contributed by atoms with Crippen LogP contribution >= 0.6 is 11.6 Å². The van der Waals surface area contributed by atoms with Crippen LogP contribution < -0.4 is 10.1 Å². The van der Waals surface area contributed by atoms with Gasteiger partial charge >= 0.3 is 5.97 Å². The Morgan fingerprint density at radius 2 is 1.60 bits per heavy atom. The van der Waals surface area contributed by atoms with Crippen LogP contribution in [-0.4, -0.2) is 30.9 Å². The summed E-state index contributed by atoms with van der Waals surface area (Å²) in [5.74, 6) is -0.0924. The molecule has 0 saturated carbocycles. The lowest BCUT2D eigenvalue weighted by molar-refractivity contribution is -0.143. The van der Waals surface area contributed by atoms with Crippen molar-refractivity contribution in [1.29, 1.82) is 0 Å². The Hall–Kier alpha value is -3.64. The van der Waals surface area contributed by atoms with Crippen LogP contribution in [0.25, 0.3) is 0 Å². The Labute approximate surface area is 210 Å². The monoisotopic (exact) mass is 493 g/mol. The topological polar surface area (TPSA) is 81.7 Å².